The molecule has 1 aliphatic carbocycles. The van der Waals surface area contributed by atoms with Crippen molar-refractivity contribution < 1.29 is 9.53 Å². The highest BCUT2D eigenvalue weighted by Crippen LogP contribution is 2.35. The summed E-state index contributed by atoms with van der Waals surface area (Å²) in [5, 5.41) is 2.70. The van der Waals surface area contributed by atoms with Crippen LogP contribution in [0, 0.1) is 0 Å². The van der Waals surface area contributed by atoms with Gasteiger partial charge in [0.2, 0.25) is 5.91 Å². The summed E-state index contributed by atoms with van der Waals surface area (Å²) >= 11 is 0. The molecule has 1 amide bonds. The molecule has 0 fully saturated rings. The summed E-state index contributed by atoms with van der Waals surface area (Å²) in [6.45, 7) is 0. The van der Waals surface area contributed by atoms with Crippen molar-refractivity contribution in [3.8, 4) is 5.75 Å². The lowest BCUT2D eigenvalue weighted by Crippen LogP contribution is -2.22. The summed E-state index contributed by atoms with van der Waals surface area (Å²) in [7, 11) is 3.37. The number of hydrogen-bond acceptors (Lipinski definition) is 2. The minimum Gasteiger partial charge on any atom is -0.497 e. The molecule has 1 atom stereocenters. The molecule has 0 saturated carbocycles. The summed E-state index contributed by atoms with van der Waals surface area (Å²) < 4.78 is 5.26. The molecule has 1 aliphatic rings. The van der Waals surface area contributed by atoms with E-state index in [0.29, 0.717) is 12.3 Å². The zero-order valence-electron chi connectivity index (χ0n) is 10.5. The highest BCUT2D eigenvalue weighted by molar-refractivity contribution is 5.76. The van der Waals surface area contributed by atoms with E-state index in [1.54, 1.807) is 14.2 Å². The fourth-order valence-electron chi connectivity index (χ4n) is 2.54. The number of nitrogens with one attached hydrogen (secondary N) is 1. The fourth-order valence-corrected chi connectivity index (χ4v) is 2.54. The van der Waals surface area contributed by atoms with Crippen LogP contribution in [0.5, 0.6) is 5.75 Å². The van der Waals surface area contributed by atoms with Crippen molar-refractivity contribution in [2.75, 3.05) is 14.2 Å². The van der Waals surface area contributed by atoms with Gasteiger partial charge in [0.15, 0.2) is 0 Å². The molecule has 92 valence electrons. The van der Waals surface area contributed by atoms with Crippen molar-refractivity contribution in [3.63, 3.8) is 0 Å². The quantitative estimate of drug-likeness (QED) is 0.869. The van der Waals surface area contributed by atoms with Gasteiger partial charge in [0, 0.05) is 13.5 Å². The van der Waals surface area contributed by atoms with Gasteiger partial charge in [-0.3, -0.25) is 4.79 Å². The molecule has 0 aromatic heterocycles. The normalized spacial score (nSPS) is 18.4. The summed E-state index contributed by atoms with van der Waals surface area (Å²) in [5.41, 5.74) is 2.66. The molecule has 0 radical (unpaired) electrons. The van der Waals surface area contributed by atoms with Crippen molar-refractivity contribution in [3.05, 3.63) is 29.3 Å². The number of rotatable bonds is 3. The first-order valence-electron chi connectivity index (χ1n) is 6.12. The van der Waals surface area contributed by atoms with E-state index in [9.17, 15) is 4.79 Å². The van der Waals surface area contributed by atoms with Gasteiger partial charge >= 0.3 is 0 Å². The van der Waals surface area contributed by atoms with Crippen molar-refractivity contribution in [1.82, 2.24) is 5.32 Å². The second kappa shape index (κ2) is 5.21. The number of methoxy groups -OCH3 is 1. The maximum absolute atomic E-state index is 11.5. The van der Waals surface area contributed by atoms with Crippen LogP contribution in [-0.2, 0) is 11.2 Å². The highest BCUT2D eigenvalue weighted by Gasteiger charge is 2.22. The lowest BCUT2D eigenvalue weighted by atomic mass is 9.81. The minimum atomic E-state index is 0.116. The Bertz CT molecular complexity index is 415. The number of aryl methyl sites for hydroxylation is 1. The van der Waals surface area contributed by atoms with Crippen LogP contribution in [0.1, 0.15) is 36.3 Å². The molecule has 1 unspecified atom stereocenters. The topological polar surface area (TPSA) is 38.3 Å². The molecule has 3 heteroatoms. The smallest absolute Gasteiger partial charge is 0.220 e. The van der Waals surface area contributed by atoms with E-state index >= 15 is 0 Å². The zero-order valence-corrected chi connectivity index (χ0v) is 10.5. The standard InChI is InChI=1S/C14H19NO2/c1-15-14(16)8-11-5-3-4-10-6-7-12(17-2)9-13(10)11/h6-7,9,11H,3-5,8H2,1-2H3,(H,15,16). The third kappa shape index (κ3) is 2.60. The van der Waals surface area contributed by atoms with Crippen molar-refractivity contribution in [2.45, 2.75) is 31.6 Å². The number of hydrogen-bond donors (Lipinski definition) is 1. The second-order valence-corrected chi connectivity index (χ2v) is 4.53. The first-order valence-corrected chi connectivity index (χ1v) is 6.12. The predicted molar refractivity (Wildman–Crippen MR) is 67.4 cm³/mol. The van der Waals surface area contributed by atoms with Gasteiger partial charge in [0.1, 0.15) is 5.75 Å². The Kier molecular flexibility index (Phi) is 3.67. The third-order valence-corrected chi connectivity index (χ3v) is 3.50. The van der Waals surface area contributed by atoms with Crippen molar-refractivity contribution >= 4 is 5.91 Å². The summed E-state index contributed by atoms with van der Waals surface area (Å²) in [6, 6.07) is 6.22. The lowest BCUT2D eigenvalue weighted by molar-refractivity contribution is -0.121. The van der Waals surface area contributed by atoms with E-state index in [1.807, 2.05) is 6.07 Å². The third-order valence-electron chi connectivity index (χ3n) is 3.50. The minimum absolute atomic E-state index is 0.116. The Labute approximate surface area is 102 Å². The lowest BCUT2D eigenvalue weighted by Gasteiger charge is -2.25. The molecular formula is C14H19NO2. The Hall–Kier alpha value is -1.51. The van der Waals surface area contributed by atoms with Crippen LogP contribution in [0.25, 0.3) is 0 Å². The largest absolute Gasteiger partial charge is 0.497 e. The van der Waals surface area contributed by atoms with Crippen LogP contribution >= 0.6 is 0 Å². The second-order valence-electron chi connectivity index (χ2n) is 4.53. The maximum Gasteiger partial charge on any atom is 0.220 e. The van der Waals surface area contributed by atoms with E-state index in [2.05, 4.69) is 17.4 Å². The molecule has 17 heavy (non-hydrogen) atoms. The fraction of sp³-hybridized carbons (Fsp3) is 0.500. The SMILES string of the molecule is CNC(=O)CC1CCCc2ccc(OC)cc21. The first-order chi connectivity index (χ1) is 8.24. The summed E-state index contributed by atoms with van der Waals surface area (Å²) in [6.07, 6.45) is 3.95. The van der Waals surface area contributed by atoms with E-state index in [4.69, 9.17) is 4.74 Å². The average Bonchev–Trinajstić information content (AvgIpc) is 2.38. The van der Waals surface area contributed by atoms with Gasteiger partial charge < -0.3 is 10.1 Å². The van der Waals surface area contributed by atoms with E-state index in [0.717, 1.165) is 18.6 Å². The first kappa shape index (κ1) is 12.0. The van der Waals surface area contributed by atoms with Crippen LogP contribution in [0.4, 0.5) is 0 Å². The van der Waals surface area contributed by atoms with Gasteiger partial charge in [-0.1, -0.05) is 6.07 Å². The molecule has 0 bridgehead atoms. The summed E-state index contributed by atoms with van der Waals surface area (Å²) in [4.78, 5) is 11.5. The highest BCUT2D eigenvalue weighted by atomic mass is 16.5. The molecule has 0 saturated heterocycles. The molecule has 3 nitrogen and oxygen atoms in total. The molecule has 2 rings (SSSR count). The number of carbonyl (C=O) groups is 1. The van der Waals surface area contributed by atoms with Crippen LogP contribution in [0.3, 0.4) is 0 Å². The van der Waals surface area contributed by atoms with Crippen LogP contribution in [-0.4, -0.2) is 20.1 Å². The molecular weight excluding hydrogens is 214 g/mol. The summed E-state index contributed by atoms with van der Waals surface area (Å²) in [5.74, 6) is 1.34. The molecule has 0 spiro atoms. The van der Waals surface area contributed by atoms with Gasteiger partial charge in [-0.2, -0.15) is 0 Å². The number of fused-ring (bicyclic) bond motifs is 1. The van der Waals surface area contributed by atoms with Gasteiger partial charge in [0.05, 0.1) is 7.11 Å². The van der Waals surface area contributed by atoms with Crippen LogP contribution in [0.2, 0.25) is 0 Å². The van der Waals surface area contributed by atoms with Crippen molar-refractivity contribution in [1.29, 1.82) is 0 Å². The zero-order chi connectivity index (χ0) is 12.3. The Morgan fingerprint density at radius 1 is 1.53 bits per heavy atom. The molecule has 0 heterocycles. The van der Waals surface area contributed by atoms with E-state index in [1.165, 1.54) is 17.5 Å². The molecule has 1 aromatic carbocycles. The van der Waals surface area contributed by atoms with E-state index < -0.39 is 0 Å². The Morgan fingerprint density at radius 2 is 2.35 bits per heavy atom. The monoisotopic (exact) mass is 233 g/mol. The predicted octanol–water partition coefficient (Wildman–Crippen LogP) is 2.25. The number of benzene rings is 1. The molecule has 0 aliphatic heterocycles. The van der Waals surface area contributed by atoms with Gasteiger partial charge in [0.25, 0.3) is 0 Å². The van der Waals surface area contributed by atoms with Crippen molar-refractivity contribution in [2.24, 2.45) is 0 Å². The Balaban J connectivity index is 2.25. The van der Waals surface area contributed by atoms with Gasteiger partial charge in [-0.05, 0) is 48.4 Å². The van der Waals surface area contributed by atoms with E-state index in [-0.39, 0.29) is 5.91 Å². The van der Waals surface area contributed by atoms with Crippen LogP contribution < -0.4 is 10.1 Å². The van der Waals surface area contributed by atoms with Gasteiger partial charge in [-0.15, -0.1) is 0 Å². The molecule has 1 aromatic rings. The number of carbonyl (C=O) groups excluding carboxylic acids is 1. The Morgan fingerprint density at radius 3 is 3.06 bits per heavy atom. The van der Waals surface area contributed by atoms with Crippen LogP contribution in [0.15, 0.2) is 18.2 Å². The average molecular weight is 233 g/mol. The number of amides is 1. The number of ether oxygens (including phenoxy) is 1. The van der Waals surface area contributed by atoms with Gasteiger partial charge in [-0.25, -0.2) is 0 Å². The maximum atomic E-state index is 11.5. The molecule has 1 N–H and O–H groups in total.